The van der Waals surface area contributed by atoms with Gasteiger partial charge < -0.3 is 20.1 Å². The number of carbonyl (C=O) groups excluding carboxylic acids is 1. The van der Waals surface area contributed by atoms with Crippen LogP contribution in [0.5, 0.6) is 0 Å². The van der Waals surface area contributed by atoms with Crippen molar-refractivity contribution in [3.8, 4) is 0 Å². The molecule has 230 valence electrons. The molecule has 0 aromatic rings. The highest BCUT2D eigenvalue weighted by Gasteiger charge is 2.36. The van der Waals surface area contributed by atoms with E-state index >= 15 is 0 Å². The average molecular weight is 594 g/mol. The molecule has 0 spiro atoms. The first-order valence-corrected chi connectivity index (χ1v) is 15.3. The largest absolute Gasteiger partial charge is 0.515 e. The highest BCUT2D eigenvalue weighted by atomic mass is 16.5. The Morgan fingerprint density at radius 3 is 2.39 bits per heavy atom. The molecule has 5 rings (SSSR count). The lowest BCUT2D eigenvalue weighted by atomic mass is 9.88. The third-order valence-electron chi connectivity index (χ3n) is 9.46. The molecule has 1 saturated heterocycles. The second-order valence-corrected chi connectivity index (χ2v) is 11.9. The van der Waals surface area contributed by atoms with Gasteiger partial charge in [-0.3, -0.25) is 4.79 Å². The molecular formula is C36H43N5O3. The molecule has 0 aromatic heterocycles. The van der Waals surface area contributed by atoms with Crippen molar-refractivity contribution < 1.29 is 14.6 Å². The van der Waals surface area contributed by atoms with Gasteiger partial charge in [0.15, 0.2) is 0 Å². The fraction of sp³-hybridized carbons (Fsp3) is 0.389. The number of fused-ring (bicyclic) bond motifs is 5. The first kappa shape index (κ1) is 31.1. The minimum Gasteiger partial charge on any atom is -0.515 e. The number of hydrogen-bond donors (Lipinski definition) is 2. The quantitative estimate of drug-likeness (QED) is 0.326. The lowest BCUT2D eigenvalue weighted by molar-refractivity contribution is -0.129. The smallest absolute Gasteiger partial charge is 0.226 e. The Bertz CT molecular complexity index is 1680. The van der Waals surface area contributed by atoms with Crippen LogP contribution in [0.3, 0.4) is 0 Å². The molecule has 1 amide bonds. The lowest BCUT2D eigenvalue weighted by Crippen LogP contribution is -2.31. The summed E-state index contributed by atoms with van der Waals surface area (Å²) < 4.78 is 5.22. The Morgan fingerprint density at radius 2 is 1.73 bits per heavy atom. The second kappa shape index (κ2) is 12.4. The monoisotopic (exact) mass is 593 g/mol. The number of hydrogen-bond acceptors (Lipinski definition) is 7. The van der Waals surface area contributed by atoms with Crippen molar-refractivity contribution in [3.63, 3.8) is 0 Å². The summed E-state index contributed by atoms with van der Waals surface area (Å²) in [6.07, 6.45) is 10.1. The molecule has 5 aliphatic heterocycles. The number of nitrogens with one attached hydrogen (secondary N) is 1. The Morgan fingerprint density at radius 1 is 1.02 bits per heavy atom. The van der Waals surface area contributed by atoms with Crippen molar-refractivity contribution in [2.45, 2.75) is 54.4 Å². The van der Waals surface area contributed by atoms with Gasteiger partial charge in [0.25, 0.3) is 0 Å². The molecule has 0 radical (unpaired) electrons. The Balaban J connectivity index is 1.77. The van der Waals surface area contributed by atoms with Crippen LogP contribution in [0.4, 0.5) is 0 Å². The number of carbonyl (C=O) groups is 1. The number of ether oxygens (including phenoxy) is 1. The zero-order valence-electron chi connectivity index (χ0n) is 27.1. The van der Waals surface area contributed by atoms with Crippen LogP contribution in [0.15, 0.2) is 120 Å². The molecule has 0 aromatic carbocycles. The Hall–Kier alpha value is -4.30. The summed E-state index contributed by atoms with van der Waals surface area (Å²) in [4.78, 5) is 30.5. The van der Waals surface area contributed by atoms with Gasteiger partial charge in [0.2, 0.25) is 5.91 Å². The maximum Gasteiger partial charge on any atom is 0.226 e. The zero-order valence-corrected chi connectivity index (χ0v) is 27.1. The predicted octanol–water partition coefficient (Wildman–Crippen LogP) is 6.58. The maximum atomic E-state index is 13.6. The first-order chi connectivity index (χ1) is 21.0. The molecule has 1 fully saturated rings. The van der Waals surface area contributed by atoms with E-state index in [0.717, 1.165) is 86.0 Å². The van der Waals surface area contributed by atoms with E-state index in [9.17, 15) is 9.90 Å². The highest BCUT2D eigenvalue weighted by molar-refractivity contribution is 6.20. The number of likely N-dealkylation sites (N-methyl/N-ethyl adjacent to an activating group) is 1. The van der Waals surface area contributed by atoms with Crippen LogP contribution in [0.2, 0.25) is 0 Å². The van der Waals surface area contributed by atoms with E-state index in [4.69, 9.17) is 19.7 Å². The van der Waals surface area contributed by atoms with Crippen LogP contribution in [0.1, 0.15) is 54.4 Å². The summed E-state index contributed by atoms with van der Waals surface area (Å²) in [6, 6.07) is 0. The molecule has 8 bridgehead atoms. The number of allylic oxidation sites excluding steroid dienone is 11. The normalized spacial score (nSPS) is 24.0. The van der Waals surface area contributed by atoms with Crippen LogP contribution < -0.4 is 5.32 Å². The number of aliphatic imine (C=N–C) groups is 3. The topological polar surface area (TPSA) is 98.9 Å². The maximum absolute atomic E-state index is 13.6. The number of aliphatic hydroxyl groups excluding tert-OH is 1. The summed E-state index contributed by atoms with van der Waals surface area (Å²) >= 11 is 0. The highest BCUT2D eigenvalue weighted by Crippen LogP contribution is 2.41. The number of aliphatic hydroxyl groups is 1. The fourth-order valence-corrected chi connectivity index (χ4v) is 6.33. The van der Waals surface area contributed by atoms with Gasteiger partial charge >= 0.3 is 0 Å². The molecule has 2 unspecified atom stereocenters. The molecule has 8 nitrogen and oxygen atoms in total. The molecule has 0 saturated carbocycles. The van der Waals surface area contributed by atoms with Gasteiger partial charge in [0.05, 0.1) is 53.5 Å². The Labute approximate surface area is 260 Å². The van der Waals surface area contributed by atoms with Crippen molar-refractivity contribution in [3.05, 3.63) is 105 Å². The van der Waals surface area contributed by atoms with Gasteiger partial charge in [0, 0.05) is 60.7 Å². The van der Waals surface area contributed by atoms with E-state index in [0.29, 0.717) is 24.4 Å². The summed E-state index contributed by atoms with van der Waals surface area (Å²) in [5, 5.41) is 14.2. The molecule has 44 heavy (non-hydrogen) atoms. The van der Waals surface area contributed by atoms with Crippen LogP contribution in [-0.2, 0) is 9.53 Å². The zero-order chi connectivity index (χ0) is 31.9. The van der Waals surface area contributed by atoms with Gasteiger partial charge in [-0.2, -0.15) is 0 Å². The summed E-state index contributed by atoms with van der Waals surface area (Å²) in [5.74, 6) is 0.140. The summed E-state index contributed by atoms with van der Waals surface area (Å²) in [5.41, 5.74) is 13.2. The SMILES string of the molecule is C=CC1=C(C)C2=NC1=CC1=NC(=CC3=C(C)/C(=C\O)C(=N3)C(CC(=O)N(C)CCOC)=C3NC(=C2)C(C)C3C)C(CC)=C1C. The molecule has 2 N–H and O–H groups in total. The number of rotatable bonds is 7. The minimum absolute atomic E-state index is 0.0521. The van der Waals surface area contributed by atoms with Gasteiger partial charge in [-0.1, -0.05) is 33.4 Å². The predicted molar refractivity (Wildman–Crippen MR) is 178 cm³/mol. The number of methoxy groups -OCH3 is 1. The average Bonchev–Trinajstić information content (AvgIpc) is 3.67. The van der Waals surface area contributed by atoms with E-state index in [1.54, 1.807) is 19.1 Å². The Kier molecular flexibility index (Phi) is 8.75. The van der Waals surface area contributed by atoms with E-state index in [2.05, 4.69) is 58.7 Å². The van der Waals surface area contributed by atoms with Gasteiger partial charge in [-0.15, -0.1) is 0 Å². The molecule has 5 heterocycles. The third-order valence-corrected chi connectivity index (χ3v) is 9.46. The van der Waals surface area contributed by atoms with E-state index < -0.39 is 0 Å². The molecule has 5 aliphatic rings. The van der Waals surface area contributed by atoms with E-state index in [1.165, 1.54) is 0 Å². The standard InChI is InChI=1S/C36H43N5O3/c1-10-24-21(5)29-15-28-19(3)20(4)35(39-28)26(14-34(43)41(8)12-13-44-9)36-27(18-42)23(7)31(40-36)17-33-25(11-2)22(6)30(38-33)16-32(24)37-29/h10,15-20,39,42H,1,11-14H2,2-9H3/b27-18+,28-15?,32-16?,33-17?,35-26?. The van der Waals surface area contributed by atoms with Crippen molar-refractivity contribution in [1.29, 1.82) is 0 Å². The van der Waals surface area contributed by atoms with Crippen LogP contribution in [0, 0.1) is 11.8 Å². The molecule has 0 aliphatic carbocycles. The van der Waals surface area contributed by atoms with E-state index in [1.807, 2.05) is 19.1 Å². The van der Waals surface area contributed by atoms with Gasteiger partial charge in [-0.25, -0.2) is 15.0 Å². The van der Waals surface area contributed by atoms with Gasteiger partial charge in [0.1, 0.15) is 0 Å². The fourth-order valence-electron chi connectivity index (χ4n) is 6.33. The van der Waals surface area contributed by atoms with Crippen molar-refractivity contribution in [1.82, 2.24) is 10.2 Å². The number of amides is 1. The lowest BCUT2D eigenvalue weighted by Gasteiger charge is -2.21. The summed E-state index contributed by atoms with van der Waals surface area (Å²) in [7, 11) is 3.41. The van der Waals surface area contributed by atoms with Gasteiger partial charge in [-0.05, 0) is 67.7 Å². The second-order valence-electron chi connectivity index (χ2n) is 11.9. The molecule has 2 atom stereocenters. The van der Waals surface area contributed by atoms with Crippen LogP contribution in [0.25, 0.3) is 0 Å². The van der Waals surface area contributed by atoms with Crippen molar-refractivity contribution in [2.75, 3.05) is 27.3 Å². The first-order valence-electron chi connectivity index (χ1n) is 15.3. The molecular weight excluding hydrogens is 550 g/mol. The van der Waals surface area contributed by atoms with Crippen LogP contribution in [-0.4, -0.2) is 60.4 Å². The minimum atomic E-state index is -0.0521. The number of nitrogens with zero attached hydrogens (tertiary/aromatic N) is 4. The van der Waals surface area contributed by atoms with Crippen LogP contribution >= 0.6 is 0 Å². The van der Waals surface area contributed by atoms with Crippen molar-refractivity contribution in [2.24, 2.45) is 26.8 Å². The summed E-state index contributed by atoms with van der Waals surface area (Å²) in [6.45, 7) is 17.6. The van der Waals surface area contributed by atoms with Crippen molar-refractivity contribution >= 4 is 23.0 Å². The van der Waals surface area contributed by atoms with E-state index in [-0.39, 0.29) is 24.2 Å². The third kappa shape index (κ3) is 5.32. The molecule has 8 heteroatoms.